The summed E-state index contributed by atoms with van der Waals surface area (Å²) in [4.78, 5) is 33.5. The zero-order valence-corrected chi connectivity index (χ0v) is 18.3. The van der Waals surface area contributed by atoms with E-state index in [0.717, 1.165) is 18.4 Å². The number of H-pyrrole nitrogens is 1. The van der Waals surface area contributed by atoms with Crippen molar-refractivity contribution >= 4 is 28.7 Å². The Labute approximate surface area is 195 Å². The van der Waals surface area contributed by atoms with Crippen molar-refractivity contribution in [3.05, 3.63) is 80.9 Å². The summed E-state index contributed by atoms with van der Waals surface area (Å²) in [6.45, 7) is 0.171. The predicted molar refractivity (Wildman–Crippen MR) is 118 cm³/mol. The van der Waals surface area contributed by atoms with Crippen molar-refractivity contribution in [2.45, 2.75) is 31.8 Å². The van der Waals surface area contributed by atoms with Crippen LogP contribution in [0.1, 0.15) is 46.3 Å². The minimum absolute atomic E-state index is 0.0186. The third kappa shape index (κ3) is 3.61. The number of carbonyl (C=O) groups excluding carboxylic acids is 1. The first-order chi connectivity index (χ1) is 16.5. The lowest BCUT2D eigenvalue weighted by molar-refractivity contribution is 0.0945. The van der Waals surface area contributed by atoms with E-state index in [4.69, 9.17) is 11.6 Å². The Kier molecular flexibility index (Phi) is 4.69. The molecule has 1 saturated carbocycles. The summed E-state index contributed by atoms with van der Waals surface area (Å²) in [5.74, 6) is -0.155. The van der Waals surface area contributed by atoms with Gasteiger partial charge in [0.1, 0.15) is 17.9 Å². The SMILES string of the molecule is O=C(NCc1ncn2ccc(Cl)c(F)c12)c1cn(Cc2nc3cc(C4CC4)cc(=O)n3[nH]2)nn1. The number of nitrogens with one attached hydrogen (secondary N) is 2. The van der Waals surface area contributed by atoms with Crippen LogP contribution < -0.4 is 10.9 Å². The quantitative estimate of drug-likeness (QED) is 0.381. The lowest BCUT2D eigenvalue weighted by Crippen LogP contribution is -2.23. The van der Waals surface area contributed by atoms with Crippen LogP contribution in [0.3, 0.4) is 0 Å². The van der Waals surface area contributed by atoms with E-state index in [1.54, 1.807) is 12.3 Å². The molecule has 5 heterocycles. The van der Waals surface area contributed by atoms with Gasteiger partial charge in [-0.25, -0.2) is 23.6 Å². The molecule has 0 bridgehead atoms. The molecule has 1 aliphatic rings. The zero-order chi connectivity index (χ0) is 23.4. The summed E-state index contributed by atoms with van der Waals surface area (Å²) in [7, 11) is 0. The number of hydrogen-bond donors (Lipinski definition) is 2. The van der Waals surface area contributed by atoms with Crippen LogP contribution in [0.2, 0.25) is 5.02 Å². The smallest absolute Gasteiger partial charge is 0.273 e. The van der Waals surface area contributed by atoms with E-state index < -0.39 is 11.7 Å². The van der Waals surface area contributed by atoms with Crippen molar-refractivity contribution in [3.63, 3.8) is 0 Å². The molecule has 1 aliphatic carbocycles. The molecule has 5 aromatic heterocycles. The molecule has 0 aromatic carbocycles. The fourth-order valence-electron chi connectivity index (χ4n) is 3.89. The maximum absolute atomic E-state index is 14.4. The second kappa shape index (κ2) is 7.76. The van der Waals surface area contributed by atoms with Crippen molar-refractivity contribution in [1.82, 2.24) is 44.3 Å². The Bertz CT molecular complexity index is 1630. The minimum atomic E-state index is -0.606. The van der Waals surface area contributed by atoms with Gasteiger partial charge in [-0.05, 0) is 36.5 Å². The molecule has 13 heteroatoms. The van der Waals surface area contributed by atoms with Gasteiger partial charge in [0.05, 0.1) is 29.8 Å². The molecule has 0 unspecified atom stereocenters. The fraction of sp³-hybridized carbons (Fsp3) is 0.238. The van der Waals surface area contributed by atoms with Crippen molar-refractivity contribution in [3.8, 4) is 0 Å². The standard InChI is InChI=1S/C21H17ClFN9O2/c22-13-3-4-30-10-25-14(20(30)19(13)23)7-24-21(34)15-8-31(29-27-15)9-16-26-17-5-12(11-1-2-11)6-18(33)32(17)28-16/h3-6,8,10-11H,1-2,7,9H2,(H,24,34)(H,26,28). The van der Waals surface area contributed by atoms with Gasteiger partial charge in [0.15, 0.2) is 17.2 Å². The Morgan fingerprint density at radius 1 is 1.32 bits per heavy atom. The Hall–Kier alpha value is -4.06. The Morgan fingerprint density at radius 3 is 3.00 bits per heavy atom. The molecule has 0 radical (unpaired) electrons. The highest BCUT2D eigenvalue weighted by Crippen LogP contribution is 2.39. The van der Waals surface area contributed by atoms with E-state index in [0.29, 0.717) is 23.1 Å². The van der Waals surface area contributed by atoms with Crippen LogP contribution in [0, 0.1) is 5.82 Å². The van der Waals surface area contributed by atoms with Crippen LogP contribution in [-0.4, -0.2) is 44.9 Å². The molecule has 2 N–H and O–H groups in total. The van der Waals surface area contributed by atoms with E-state index in [9.17, 15) is 14.0 Å². The van der Waals surface area contributed by atoms with E-state index in [2.05, 4.69) is 30.7 Å². The lowest BCUT2D eigenvalue weighted by atomic mass is 10.2. The largest absolute Gasteiger partial charge is 0.345 e. The van der Waals surface area contributed by atoms with Gasteiger partial charge < -0.3 is 9.72 Å². The molecule has 0 spiro atoms. The first kappa shape index (κ1) is 20.5. The van der Waals surface area contributed by atoms with Crippen LogP contribution in [0.4, 0.5) is 4.39 Å². The molecule has 0 saturated heterocycles. The molecular formula is C21H17ClFN9O2. The summed E-state index contributed by atoms with van der Waals surface area (Å²) < 4.78 is 18.7. The number of halogens is 2. The van der Waals surface area contributed by atoms with Crippen LogP contribution in [0.15, 0.2) is 41.7 Å². The molecule has 6 rings (SSSR count). The Morgan fingerprint density at radius 2 is 2.18 bits per heavy atom. The van der Waals surface area contributed by atoms with Gasteiger partial charge in [-0.1, -0.05) is 16.8 Å². The first-order valence-corrected chi connectivity index (χ1v) is 10.9. The number of fused-ring (bicyclic) bond motifs is 2. The average molecular weight is 482 g/mol. The third-order valence-corrected chi connectivity index (χ3v) is 6.03. The topological polar surface area (TPSA) is 127 Å². The summed E-state index contributed by atoms with van der Waals surface area (Å²) in [6.07, 6.45) is 6.68. The van der Waals surface area contributed by atoms with Gasteiger partial charge in [0.25, 0.3) is 11.5 Å². The van der Waals surface area contributed by atoms with E-state index in [1.165, 1.54) is 32.2 Å². The van der Waals surface area contributed by atoms with E-state index in [1.807, 2.05) is 6.07 Å². The number of nitrogens with zero attached hydrogens (tertiary/aromatic N) is 7. The van der Waals surface area contributed by atoms with Crippen molar-refractivity contribution in [2.75, 3.05) is 0 Å². The number of aromatic nitrogens is 8. The molecule has 1 amide bonds. The molecule has 0 atom stereocenters. The normalized spacial score (nSPS) is 13.7. The Balaban J connectivity index is 1.16. The van der Waals surface area contributed by atoms with Gasteiger partial charge in [-0.3, -0.25) is 14.7 Å². The average Bonchev–Trinajstić information content (AvgIpc) is 3.22. The molecule has 11 nitrogen and oxygen atoms in total. The highest BCUT2D eigenvalue weighted by molar-refractivity contribution is 6.31. The van der Waals surface area contributed by atoms with Crippen LogP contribution in [-0.2, 0) is 13.1 Å². The molecule has 0 aliphatic heterocycles. The number of carbonyl (C=O) groups is 1. The maximum atomic E-state index is 14.4. The number of hydrogen-bond acceptors (Lipinski definition) is 6. The van der Waals surface area contributed by atoms with Gasteiger partial charge in [0.2, 0.25) is 0 Å². The van der Waals surface area contributed by atoms with Crippen LogP contribution >= 0.6 is 11.6 Å². The lowest BCUT2D eigenvalue weighted by Gasteiger charge is -2.03. The number of aromatic amines is 1. The highest BCUT2D eigenvalue weighted by Gasteiger charge is 2.25. The number of amides is 1. The second-order valence-corrected chi connectivity index (χ2v) is 8.58. The number of pyridine rings is 2. The van der Waals surface area contributed by atoms with Gasteiger partial charge in [-0.15, -0.1) is 5.10 Å². The van der Waals surface area contributed by atoms with Gasteiger partial charge in [-0.2, -0.15) is 0 Å². The zero-order valence-electron chi connectivity index (χ0n) is 17.6. The van der Waals surface area contributed by atoms with Crippen molar-refractivity contribution in [2.24, 2.45) is 0 Å². The van der Waals surface area contributed by atoms with Crippen molar-refractivity contribution in [1.29, 1.82) is 0 Å². The molecule has 1 fully saturated rings. The van der Waals surface area contributed by atoms with Crippen LogP contribution in [0.25, 0.3) is 11.2 Å². The van der Waals surface area contributed by atoms with Gasteiger partial charge >= 0.3 is 0 Å². The van der Waals surface area contributed by atoms with Crippen LogP contribution in [0.5, 0.6) is 0 Å². The summed E-state index contributed by atoms with van der Waals surface area (Å²) in [5.41, 5.74) is 1.99. The van der Waals surface area contributed by atoms with E-state index >= 15 is 0 Å². The molecule has 34 heavy (non-hydrogen) atoms. The fourth-order valence-corrected chi connectivity index (χ4v) is 4.03. The number of rotatable bonds is 6. The summed E-state index contributed by atoms with van der Waals surface area (Å²) in [5, 5.41) is 13.4. The summed E-state index contributed by atoms with van der Waals surface area (Å²) >= 11 is 5.85. The molecule has 172 valence electrons. The second-order valence-electron chi connectivity index (χ2n) is 8.17. The molecule has 5 aromatic rings. The monoisotopic (exact) mass is 481 g/mol. The maximum Gasteiger partial charge on any atom is 0.273 e. The predicted octanol–water partition coefficient (Wildman–Crippen LogP) is 1.91. The van der Waals surface area contributed by atoms with Crippen molar-refractivity contribution < 1.29 is 9.18 Å². The third-order valence-electron chi connectivity index (χ3n) is 5.74. The minimum Gasteiger partial charge on any atom is -0.345 e. The molecular weight excluding hydrogens is 465 g/mol. The van der Waals surface area contributed by atoms with E-state index in [-0.39, 0.29) is 34.9 Å². The highest BCUT2D eigenvalue weighted by atomic mass is 35.5. The first-order valence-electron chi connectivity index (χ1n) is 10.6. The summed E-state index contributed by atoms with van der Waals surface area (Å²) in [6, 6.07) is 4.97. The number of imidazole rings is 1. The van der Waals surface area contributed by atoms with Gasteiger partial charge in [0, 0.05) is 12.3 Å².